The zero-order valence-corrected chi connectivity index (χ0v) is 12.4. The summed E-state index contributed by atoms with van der Waals surface area (Å²) in [5.74, 6) is 0.842. The zero-order valence-electron chi connectivity index (χ0n) is 11.6. The highest BCUT2D eigenvalue weighted by Crippen LogP contribution is 2.40. The van der Waals surface area contributed by atoms with Crippen LogP contribution in [0, 0.1) is 0 Å². The number of hydrogen-bond donors (Lipinski definition) is 1. The van der Waals surface area contributed by atoms with E-state index in [1.54, 1.807) is 26.0 Å². The van der Waals surface area contributed by atoms with E-state index in [0.717, 1.165) is 36.3 Å². The molecule has 1 fully saturated rings. The molecule has 1 N–H and O–H groups in total. The van der Waals surface area contributed by atoms with Crippen LogP contribution >= 0.6 is 11.8 Å². The Balaban J connectivity index is 2.04. The molecule has 3 nitrogen and oxygen atoms in total. The molecule has 0 aromatic heterocycles. The zero-order chi connectivity index (χ0) is 13.7. The fourth-order valence-corrected chi connectivity index (χ4v) is 3.65. The Morgan fingerprint density at radius 2 is 1.74 bits per heavy atom. The van der Waals surface area contributed by atoms with Crippen molar-refractivity contribution in [2.45, 2.75) is 48.0 Å². The van der Waals surface area contributed by atoms with E-state index in [0.29, 0.717) is 0 Å². The molecule has 0 aliphatic heterocycles. The molecule has 0 heterocycles. The van der Waals surface area contributed by atoms with Crippen molar-refractivity contribution in [3.8, 4) is 5.75 Å². The number of methoxy groups -OCH3 is 2. The van der Waals surface area contributed by atoms with Crippen molar-refractivity contribution in [2.75, 3.05) is 14.2 Å². The van der Waals surface area contributed by atoms with Gasteiger partial charge in [-0.25, -0.2) is 0 Å². The summed E-state index contributed by atoms with van der Waals surface area (Å²) >= 11 is 1.59. The molecule has 0 bridgehead atoms. The van der Waals surface area contributed by atoms with E-state index in [1.165, 1.54) is 6.42 Å². The largest absolute Gasteiger partial charge is 0.497 e. The third kappa shape index (κ3) is 3.65. The average Bonchev–Trinajstić information content (AvgIpc) is 2.46. The van der Waals surface area contributed by atoms with Gasteiger partial charge in [0.05, 0.1) is 7.11 Å². The first-order valence-corrected chi connectivity index (χ1v) is 7.62. The molecule has 1 saturated carbocycles. The van der Waals surface area contributed by atoms with Crippen molar-refractivity contribution >= 4 is 11.8 Å². The summed E-state index contributed by atoms with van der Waals surface area (Å²) in [4.78, 5) is 1.09. The summed E-state index contributed by atoms with van der Waals surface area (Å²) in [5.41, 5.74) is -0.904. The summed E-state index contributed by atoms with van der Waals surface area (Å²) in [6.07, 6.45) is 5.04. The van der Waals surface area contributed by atoms with Gasteiger partial charge in [0.1, 0.15) is 16.8 Å². The maximum atomic E-state index is 10.7. The van der Waals surface area contributed by atoms with Crippen molar-refractivity contribution in [1.29, 1.82) is 0 Å². The molecule has 0 amide bonds. The smallest absolute Gasteiger partial charge is 0.135 e. The van der Waals surface area contributed by atoms with Crippen LogP contribution in [0.2, 0.25) is 0 Å². The van der Waals surface area contributed by atoms with Gasteiger partial charge in [-0.2, -0.15) is 0 Å². The Morgan fingerprint density at radius 1 is 1.11 bits per heavy atom. The van der Waals surface area contributed by atoms with Crippen LogP contribution in [0.25, 0.3) is 0 Å². The van der Waals surface area contributed by atoms with Gasteiger partial charge < -0.3 is 14.6 Å². The molecule has 2 rings (SSSR count). The Bertz CT molecular complexity index is 385. The van der Waals surface area contributed by atoms with E-state index in [1.807, 2.05) is 24.3 Å². The number of rotatable bonds is 5. The van der Waals surface area contributed by atoms with Crippen molar-refractivity contribution < 1.29 is 14.6 Å². The van der Waals surface area contributed by atoms with Crippen molar-refractivity contribution in [3.05, 3.63) is 24.3 Å². The van der Waals surface area contributed by atoms with Crippen LogP contribution in [0.15, 0.2) is 29.2 Å². The lowest BCUT2D eigenvalue weighted by atomic mass is 9.85. The summed E-state index contributed by atoms with van der Waals surface area (Å²) in [6, 6.07) is 7.86. The van der Waals surface area contributed by atoms with Crippen LogP contribution < -0.4 is 4.74 Å². The first-order valence-electron chi connectivity index (χ1n) is 6.74. The van der Waals surface area contributed by atoms with Gasteiger partial charge in [-0.05, 0) is 37.1 Å². The third-order valence-corrected chi connectivity index (χ3v) is 5.06. The molecule has 4 heteroatoms. The number of benzene rings is 1. The first kappa shape index (κ1) is 14.7. The summed E-state index contributed by atoms with van der Waals surface area (Å²) < 4.78 is 10.7. The quantitative estimate of drug-likeness (QED) is 0.663. The molecular weight excluding hydrogens is 260 g/mol. The minimum Gasteiger partial charge on any atom is -0.497 e. The van der Waals surface area contributed by atoms with Crippen LogP contribution in [0.3, 0.4) is 0 Å². The Kier molecular flexibility index (Phi) is 5.13. The van der Waals surface area contributed by atoms with E-state index >= 15 is 0 Å². The van der Waals surface area contributed by atoms with Crippen LogP contribution in [0.4, 0.5) is 0 Å². The van der Waals surface area contributed by atoms with E-state index in [9.17, 15) is 5.11 Å². The molecule has 0 saturated heterocycles. The molecule has 1 aromatic carbocycles. The third-order valence-electron chi connectivity index (χ3n) is 3.67. The van der Waals surface area contributed by atoms with E-state index in [2.05, 4.69) is 0 Å². The predicted octanol–water partition coefficient (Wildman–Crippen LogP) is 3.46. The molecule has 1 aliphatic carbocycles. The van der Waals surface area contributed by atoms with Crippen molar-refractivity contribution in [2.24, 2.45) is 0 Å². The highest BCUT2D eigenvalue weighted by Gasteiger charge is 2.38. The lowest BCUT2D eigenvalue weighted by molar-refractivity contribution is -0.0729. The minimum atomic E-state index is -0.697. The fraction of sp³-hybridized carbons (Fsp3) is 0.600. The normalized spacial score (nSPS) is 19.9. The van der Waals surface area contributed by atoms with Crippen LogP contribution in [0.1, 0.15) is 32.1 Å². The molecule has 106 valence electrons. The predicted molar refractivity (Wildman–Crippen MR) is 77.7 cm³/mol. The lowest BCUT2D eigenvalue weighted by Crippen LogP contribution is -2.43. The van der Waals surface area contributed by atoms with Gasteiger partial charge in [0.25, 0.3) is 0 Å². The molecule has 0 spiro atoms. The number of thioether (sulfide) groups is 1. The number of aliphatic hydroxyl groups is 1. The SMILES string of the molecule is COc1ccc(SC(OC)C2(O)CCCCC2)cc1. The van der Waals surface area contributed by atoms with Crippen LogP contribution in [-0.2, 0) is 4.74 Å². The molecule has 19 heavy (non-hydrogen) atoms. The Hall–Kier alpha value is -0.710. The second-order valence-corrected chi connectivity index (χ2v) is 6.16. The van der Waals surface area contributed by atoms with Gasteiger partial charge in [0.15, 0.2) is 0 Å². The highest BCUT2D eigenvalue weighted by molar-refractivity contribution is 7.99. The van der Waals surface area contributed by atoms with E-state index < -0.39 is 5.60 Å². The second kappa shape index (κ2) is 6.64. The standard InChI is InChI=1S/C15H22O3S/c1-17-12-6-8-13(9-7-12)19-14(18-2)15(16)10-4-3-5-11-15/h6-9,14,16H,3-5,10-11H2,1-2H3. The second-order valence-electron chi connectivity index (χ2n) is 5.03. The molecule has 1 atom stereocenters. The van der Waals surface area contributed by atoms with E-state index in [-0.39, 0.29) is 5.44 Å². The first-order chi connectivity index (χ1) is 9.18. The molecule has 1 aliphatic rings. The van der Waals surface area contributed by atoms with Gasteiger partial charge in [-0.1, -0.05) is 31.0 Å². The van der Waals surface area contributed by atoms with Gasteiger partial charge in [-0.3, -0.25) is 0 Å². The molecule has 0 radical (unpaired) electrons. The minimum absolute atomic E-state index is 0.207. The summed E-state index contributed by atoms with van der Waals surface area (Å²) in [6.45, 7) is 0. The highest BCUT2D eigenvalue weighted by atomic mass is 32.2. The Morgan fingerprint density at radius 3 is 2.26 bits per heavy atom. The maximum Gasteiger partial charge on any atom is 0.135 e. The molecular formula is C15H22O3S. The topological polar surface area (TPSA) is 38.7 Å². The van der Waals surface area contributed by atoms with Crippen LogP contribution in [0.5, 0.6) is 5.75 Å². The molecule has 1 unspecified atom stereocenters. The van der Waals surface area contributed by atoms with Gasteiger partial charge in [0.2, 0.25) is 0 Å². The van der Waals surface area contributed by atoms with Gasteiger partial charge in [0, 0.05) is 12.0 Å². The number of ether oxygens (including phenoxy) is 2. The summed E-state index contributed by atoms with van der Waals surface area (Å²) in [5, 5.41) is 10.7. The van der Waals surface area contributed by atoms with Gasteiger partial charge >= 0.3 is 0 Å². The van der Waals surface area contributed by atoms with Gasteiger partial charge in [-0.15, -0.1) is 0 Å². The molecule has 1 aromatic rings. The van der Waals surface area contributed by atoms with Crippen molar-refractivity contribution in [1.82, 2.24) is 0 Å². The Labute approximate surface area is 119 Å². The maximum absolute atomic E-state index is 10.7. The van der Waals surface area contributed by atoms with Crippen LogP contribution in [-0.4, -0.2) is 30.4 Å². The lowest BCUT2D eigenvalue weighted by Gasteiger charge is -2.37. The fourth-order valence-electron chi connectivity index (χ4n) is 2.55. The average molecular weight is 282 g/mol. The van der Waals surface area contributed by atoms with E-state index in [4.69, 9.17) is 9.47 Å². The summed E-state index contributed by atoms with van der Waals surface area (Å²) in [7, 11) is 3.33. The van der Waals surface area contributed by atoms with Crippen molar-refractivity contribution in [3.63, 3.8) is 0 Å². The number of hydrogen-bond acceptors (Lipinski definition) is 4. The monoisotopic (exact) mass is 282 g/mol.